The van der Waals surface area contributed by atoms with Gasteiger partial charge in [-0.05, 0) is 29.3 Å². The van der Waals surface area contributed by atoms with Crippen molar-refractivity contribution in [1.82, 2.24) is 0 Å². The predicted molar refractivity (Wildman–Crippen MR) is 110 cm³/mol. The van der Waals surface area contributed by atoms with E-state index in [4.69, 9.17) is 9.47 Å². The third-order valence-electron chi connectivity index (χ3n) is 4.38. The highest BCUT2D eigenvalue weighted by molar-refractivity contribution is 9.10. The van der Waals surface area contributed by atoms with Crippen LogP contribution in [0.1, 0.15) is 29.0 Å². The molecule has 4 heteroatoms. The molecule has 3 rings (SSSR count). The Kier molecular flexibility index (Phi) is 6.66. The van der Waals surface area contributed by atoms with E-state index in [-0.39, 0.29) is 18.3 Å². The largest absolute Gasteiger partial charge is 0.489 e. The number of carbonyl (C=O) groups excluding carboxylic acids is 1. The second-order valence-corrected chi connectivity index (χ2v) is 7.12. The van der Waals surface area contributed by atoms with E-state index in [2.05, 4.69) is 15.9 Å². The summed E-state index contributed by atoms with van der Waals surface area (Å²) in [7, 11) is 1.41. The fourth-order valence-corrected chi connectivity index (χ4v) is 3.38. The van der Waals surface area contributed by atoms with Gasteiger partial charge in [0.2, 0.25) is 0 Å². The first-order valence-corrected chi connectivity index (χ1v) is 9.54. The van der Waals surface area contributed by atoms with Gasteiger partial charge in [0.05, 0.1) is 13.5 Å². The molecule has 27 heavy (non-hydrogen) atoms. The van der Waals surface area contributed by atoms with Crippen LogP contribution in [0.5, 0.6) is 5.75 Å². The van der Waals surface area contributed by atoms with Crippen LogP contribution >= 0.6 is 15.9 Å². The maximum absolute atomic E-state index is 12.1. The van der Waals surface area contributed by atoms with E-state index in [1.165, 1.54) is 7.11 Å². The molecule has 0 N–H and O–H groups in total. The van der Waals surface area contributed by atoms with Gasteiger partial charge in [-0.3, -0.25) is 4.79 Å². The first-order chi connectivity index (χ1) is 13.2. The summed E-state index contributed by atoms with van der Waals surface area (Å²) in [6.45, 7) is 0.467. The van der Waals surface area contributed by atoms with Crippen LogP contribution in [0.4, 0.5) is 0 Å². The molecule has 0 aliphatic heterocycles. The highest BCUT2D eigenvalue weighted by atomic mass is 79.9. The van der Waals surface area contributed by atoms with Gasteiger partial charge in [0, 0.05) is 16.0 Å². The fourth-order valence-electron chi connectivity index (χ4n) is 3.00. The minimum atomic E-state index is -0.252. The highest BCUT2D eigenvalue weighted by Crippen LogP contribution is 2.37. The van der Waals surface area contributed by atoms with Gasteiger partial charge in [-0.2, -0.15) is 0 Å². The van der Waals surface area contributed by atoms with Crippen LogP contribution in [-0.4, -0.2) is 13.1 Å². The molecule has 0 saturated heterocycles. The van der Waals surface area contributed by atoms with Gasteiger partial charge in [-0.15, -0.1) is 0 Å². The van der Waals surface area contributed by atoms with Crippen LogP contribution < -0.4 is 4.74 Å². The maximum Gasteiger partial charge on any atom is 0.306 e. The Morgan fingerprint density at radius 3 is 2.30 bits per heavy atom. The van der Waals surface area contributed by atoms with Crippen LogP contribution in [0.15, 0.2) is 83.3 Å². The molecule has 138 valence electrons. The summed E-state index contributed by atoms with van der Waals surface area (Å²) in [4.78, 5) is 12.1. The number of hydrogen-bond donors (Lipinski definition) is 0. The lowest BCUT2D eigenvalue weighted by molar-refractivity contribution is -0.140. The zero-order valence-corrected chi connectivity index (χ0v) is 16.7. The zero-order valence-electron chi connectivity index (χ0n) is 15.1. The third-order valence-corrected chi connectivity index (χ3v) is 4.88. The predicted octanol–water partition coefficient (Wildman–Crippen LogP) is 5.72. The van der Waals surface area contributed by atoms with Crippen molar-refractivity contribution in [3.8, 4) is 5.75 Å². The van der Waals surface area contributed by atoms with Crippen LogP contribution in [0.3, 0.4) is 0 Å². The average Bonchev–Trinajstić information content (AvgIpc) is 2.72. The molecule has 0 radical (unpaired) electrons. The van der Waals surface area contributed by atoms with Crippen LogP contribution in [-0.2, 0) is 16.1 Å². The molecular weight excluding hydrogens is 404 g/mol. The van der Waals surface area contributed by atoms with Gasteiger partial charge in [0.1, 0.15) is 12.4 Å². The molecule has 3 nitrogen and oxygen atoms in total. The van der Waals surface area contributed by atoms with E-state index in [9.17, 15) is 4.79 Å². The molecule has 0 spiro atoms. The number of ether oxygens (including phenoxy) is 2. The molecule has 0 aliphatic carbocycles. The molecule has 0 heterocycles. The lowest BCUT2D eigenvalue weighted by Crippen LogP contribution is -2.11. The zero-order chi connectivity index (χ0) is 19.1. The number of benzene rings is 3. The number of esters is 1. The van der Waals surface area contributed by atoms with Crippen molar-refractivity contribution in [2.75, 3.05) is 7.11 Å². The lowest BCUT2D eigenvalue weighted by atomic mass is 9.88. The van der Waals surface area contributed by atoms with Gasteiger partial charge in [-0.1, -0.05) is 76.6 Å². The summed E-state index contributed by atoms with van der Waals surface area (Å²) in [5.74, 6) is 0.361. The van der Waals surface area contributed by atoms with Crippen molar-refractivity contribution in [3.63, 3.8) is 0 Å². The number of hydrogen-bond acceptors (Lipinski definition) is 3. The number of carbonyl (C=O) groups is 1. The quantitative estimate of drug-likeness (QED) is 0.454. The third kappa shape index (κ3) is 5.20. The maximum atomic E-state index is 12.1. The summed E-state index contributed by atoms with van der Waals surface area (Å²) in [6, 6.07) is 25.9. The number of halogens is 1. The smallest absolute Gasteiger partial charge is 0.306 e. The highest BCUT2D eigenvalue weighted by Gasteiger charge is 2.22. The van der Waals surface area contributed by atoms with E-state index >= 15 is 0 Å². The van der Waals surface area contributed by atoms with Gasteiger partial charge in [0.15, 0.2) is 0 Å². The van der Waals surface area contributed by atoms with Crippen LogP contribution in [0.2, 0.25) is 0 Å². The molecule has 1 atom stereocenters. The van der Waals surface area contributed by atoms with Gasteiger partial charge >= 0.3 is 5.97 Å². The molecule has 0 saturated carbocycles. The average molecular weight is 425 g/mol. The first-order valence-electron chi connectivity index (χ1n) is 8.75. The minimum Gasteiger partial charge on any atom is -0.489 e. The Labute approximate surface area is 168 Å². The molecule has 3 aromatic carbocycles. The van der Waals surface area contributed by atoms with Gasteiger partial charge in [-0.25, -0.2) is 0 Å². The Balaban J connectivity index is 1.95. The Morgan fingerprint density at radius 1 is 0.963 bits per heavy atom. The topological polar surface area (TPSA) is 35.5 Å². The summed E-state index contributed by atoms with van der Waals surface area (Å²) in [5, 5.41) is 0. The standard InChI is InChI=1S/C23H21BrO3/c1-26-23(25)15-20(18-10-6-3-7-11-18)21-14-19(24)12-13-22(21)27-16-17-8-4-2-5-9-17/h2-14,20H,15-16H2,1H3/t20-/m1/s1. The Hall–Kier alpha value is -2.59. The monoisotopic (exact) mass is 424 g/mol. The number of rotatable bonds is 7. The molecule has 0 aromatic heterocycles. The van der Waals surface area contributed by atoms with Crippen molar-refractivity contribution in [3.05, 3.63) is 100 Å². The van der Waals surface area contributed by atoms with E-state index in [0.29, 0.717) is 6.61 Å². The van der Waals surface area contributed by atoms with E-state index < -0.39 is 0 Å². The number of methoxy groups -OCH3 is 1. The summed E-state index contributed by atoms with van der Waals surface area (Å²) in [5.41, 5.74) is 3.10. The summed E-state index contributed by atoms with van der Waals surface area (Å²) < 4.78 is 12.0. The van der Waals surface area contributed by atoms with Crippen molar-refractivity contribution < 1.29 is 14.3 Å². The summed E-state index contributed by atoms with van der Waals surface area (Å²) >= 11 is 3.54. The Bertz CT molecular complexity index is 879. The molecule has 0 amide bonds. The van der Waals surface area contributed by atoms with E-state index in [0.717, 1.165) is 26.9 Å². The molecule has 3 aromatic rings. The Morgan fingerprint density at radius 2 is 1.63 bits per heavy atom. The molecule has 0 aliphatic rings. The SMILES string of the molecule is COC(=O)C[C@H](c1ccccc1)c1cc(Br)ccc1OCc1ccccc1. The van der Waals surface area contributed by atoms with Crippen LogP contribution in [0.25, 0.3) is 0 Å². The van der Waals surface area contributed by atoms with Crippen LogP contribution in [0, 0.1) is 0 Å². The first kappa shape index (κ1) is 19.2. The van der Waals surface area contributed by atoms with Gasteiger partial charge < -0.3 is 9.47 Å². The molecule has 0 fully saturated rings. The molecule has 0 unspecified atom stereocenters. The minimum absolute atomic E-state index is 0.151. The van der Waals surface area contributed by atoms with Crippen molar-refractivity contribution in [2.45, 2.75) is 18.9 Å². The second-order valence-electron chi connectivity index (χ2n) is 6.20. The normalized spacial score (nSPS) is 11.6. The molecular formula is C23H21BrO3. The van der Waals surface area contributed by atoms with Gasteiger partial charge in [0.25, 0.3) is 0 Å². The van der Waals surface area contributed by atoms with Crippen molar-refractivity contribution in [2.24, 2.45) is 0 Å². The van der Waals surface area contributed by atoms with E-state index in [1.54, 1.807) is 0 Å². The lowest BCUT2D eigenvalue weighted by Gasteiger charge is -2.21. The summed E-state index contributed by atoms with van der Waals surface area (Å²) in [6.07, 6.45) is 0.249. The fraction of sp³-hybridized carbons (Fsp3) is 0.174. The molecule has 0 bridgehead atoms. The van der Waals surface area contributed by atoms with Crippen molar-refractivity contribution in [1.29, 1.82) is 0 Å². The van der Waals surface area contributed by atoms with E-state index in [1.807, 2.05) is 78.9 Å². The van der Waals surface area contributed by atoms with Crippen molar-refractivity contribution >= 4 is 21.9 Å². The second kappa shape index (κ2) is 9.38.